The summed E-state index contributed by atoms with van der Waals surface area (Å²) in [5, 5.41) is 4.13. The molecular formula is C17H20N2O4SSe. The zero-order valence-electron chi connectivity index (χ0n) is 14.1. The van der Waals surface area contributed by atoms with E-state index in [1.165, 1.54) is 7.11 Å². The van der Waals surface area contributed by atoms with E-state index in [-0.39, 0.29) is 31.8 Å². The molecule has 2 rings (SSSR count). The van der Waals surface area contributed by atoms with Crippen LogP contribution in [0.4, 0.5) is 0 Å². The van der Waals surface area contributed by atoms with Crippen LogP contribution in [0, 0.1) is 6.92 Å². The van der Waals surface area contributed by atoms with Crippen LogP contribution in [-0.4, -0.2) is 41.7 Å². The standard InChI is InChI=1S/C17H20N2O4SSe/c1-13-8-10-14(11-9-13)24(21,22)19-18-15(16-6-4-12-25-16)5-3-7-17(20)23-2/h4,6,8-12,19H,3,5,7H2,1-2H3/b18-15-. The van der Waals surface area contributed by atoms with Gasteiger partial charge in [-0.1, -0.05) is 0 Å². The van der Waals surface area contributed by atoms with Gasteiger partial charge in [-0.15, -0.1) is 0 Å². The molecule has 0 radical (unpaired) electrons. The molecule has 0 atom stereocenters. The Labute approximate surface area is 153 Å². The Kier molecular flexibility index (Phi) is 6.99. The van der Waals surface area contributed by atoms with Gasteiger partial charge in [0.05, 0.1) is 0 Å². The molecule has 6 nitrogen and oxygen atoms in total. The number of hydrazone groups is 1. The molecule has 0 aliphatic carbocycles. The van der Waals surface area contributed by atoms with Gasteiger partial charge in [-0.2, -0.15) is 0 Å². The van der Waals surface area contributed by atoms with Crippen molar-refractivity contribution in [3.63, 3.8) is 0 Å². The summed E-state index contributed by atoms with van der Waals surface area (Å²) in [7, 11) is -2.37. The van der Waals surface area contributed by atoms with Crippen molar-refractivity contribution in [3.05, 3.63) is 51.3 Å². The first-order valence-electron chi connectivity index (χ1n) is 7.68. The molecule has 25 heavy (non-hydrogen) atoms. The minimum atomic E-state index is -3.72. The van der Waals surface area contributed by atoms with Crippen LogP contribution in [0.1, 0.15) is 29.3 Å². The molecule has 0 saturated carbocycles. The SMILES string of the molecule is COC(=O)CCC/C(=N/NS(=O)(=O)c1ccc(C)cc1)c1ccc[se]1. The topological polar surface area (TPSA) is 84.8 Å². The quantitative estimate of drug-likeness (QED) is 0.303. The fourth-order valence-electron chi connectivity index (χ4n) is 2.06. The van der Waals surface area contributed by atoms with Gasteiger partial charge in [0.25, 0.3) is 0 Å². The van der Waals surface area contributed by atoms with E-state index in [2.05, 4.69) is 14.7 Å². The molecule has 0 fully saturated rings. The van der Waals surface area contributed by atoms with Crippen LogP contribution >= 0.6 is 0 Å². The van der Waals surface area contributed by atoms with Crippen LogP contribution in [-0.2, 0) is 19.6 Å². The van der Waals surface area contributed by atoms with Gasteiger partial charge in [0.15, 0.2) is 0 Å². The second-order valence-electron chi connectivity index (χ2n) is 5.37. The zero-order valence-corrected chi connectivity index (χ0v) is 16.6. The number of carbonyl (C=O) groups is 1. The summed E-state index contributed by atoms with van der Waals surface area (Å²) in [4.78, 5) is 15.8. The van der Waals surface area contributed by atoms with Crippen molar-refractivity contribution in [3.8, 4) is 0 Å². The third-order valence-electron chi connectivity index (χ3n) is 3.46. The Morgan fingerprint density at radius 2 is 1.92 bits per heavy atom. The van der Waals surface area contributed by atoms with Crippen molar-refractivity contribution in [2.75, 3.05) is 7.11 Å². The van der Waals surface area contributed by atoms with Gasteiger partial charge in [-0.25, -0.2) is 0 Å². The van der Waals surface area contributed by atoms with E-state index in [1.807, 2.05) is 24.0 Å². The van der Waals surface area contributed by atoms with Crippen molar-refractivity contribution in [2.24, 2.45) is 5.10 Å². The van der Waals surface area contributed by atoms with E-state index >= 15 is 0 Å². The number of carbonyl (C=O) groups excluding carboxylic acids is 1. The number of hydrogen-bond donors (Lipinski definition) is 1. The second-order valence-corrected chi connectivity index (χ2v) is 9.02. The molecule has 0 saturated heterocycles. The number of benzene rings is 1. The fraction of sp³-hybridized carbons (Fsp3) is 0.294. The molecule has 0 unspecified atom stereocenters. The first-order valence-corrected chi connectivity index (χ1v) is 11.0. The van der Waals surface area contributed by atoms with Crippen LogP contribution < -0.4 is 4.83 Å². The normalized spacial score (nSPS) is 12.0. The molecule has 0 amide bonds. The summed E-state index contributed by atoms with van der Waals surface area (Å²) in [5.41, 5.74) is 1.64. The summed E-state index contributed by atoms with van der Waals surface area (Å²) in [6.45, 7) is 1.89. The Bertz CT molecular complexity index is 828. The van der Waals surface area contributed by atoms with E-state index in [0.717, 1.165) is 10.0 Å². The molecule has 1 N–H and O–H groups in total. The van der Waals surface area contributed by atoms with Crippen LogP contribution in [0.15, 0.2) is 51.3 Å². The number of nitrogens with zero attached hydrogens (tertiary/aromatic N) is 1. The zero-order chi connectivity index (χ0) is 18.3. The monoisotopic (exact) mass is 428 g/mol. The van der Waals surface area contributed by atoms with Gasteiger partial charge in [0, 0.05) is 0 Å². The van der Waals surface area contributed by atoms with Gasteiger partial charge in [0.2, 0.25) is 0 Å². The first-order chi connectivity index (χ1) is 11.9. The third-order valence-corrected chi connectivity index (χ3v) is 6.61. The number of ether oxygens (including phenoxy) is 1. The molecule has 1 aromatic heterocycles. The molecule has 0 aliphatic rings. The predicted molar refractivity (Wildman–Crippen MR) is 97.3 cm³/mol. The van der Waals surface area contributed by atoms with E-state index in [9.17, 15) is 13.2 Å². The molecule has 2 aromatic rings. The number of aryl methyl sites for hydroxylation is 1. The van der Waals surface area contributed by atoms with Gasteiger partial charge in [0.1, 0.15) is 0 Å². The van der Waals surface area contributed by atoms with Crippen molar-refractivity contribution in [2.45, 2.75) is 31.1 Å². The van der Waals surface area contributed by atoms with E-state index in [4.69, 9.17) is 0 Å². The van der Waals surface area contributed by atoms with Gasteiger partial charge in [-0.05, 0) is 0 Å². The summed E-state index contributed by atoms with van der Waals surface area (Å²) in [6.07, 6.45) is 1.32. The second kappa shape index (κ2) is 8.99. The number of rotatable bonds is 8. The summed E-state index contributed by atoms with van der Waals surface area (Å²) < 4.78 is 30.4. The molecule has 0 bridgehead atoms. The third kappa shape index (κ3) is 5.85. The van der Waals surface area contributed by atoms with Crippen LogP contribution in [0.2, 0.25) is 0 Å². The van der Waals surface area contributed by atoms with E-state index in [1.54, 1.807) is 24.3 Å². The molecule has 0 spiro atoms. The Hall–Kier alpha value is -1.89. The van der Waals surface area contributed by atoms with E-state index in [0.29, 0.717) is 18.6 Å². The average molecular weight is 427 g/mol. The van der Waals surface area contributed by atoms with Gasteiger partial charge >= 0.3 is 154 Å². The molecule has 8 heteroatoms. The van der Waals surface area contributed by atoms with Crippen LogP contribution in [0.3, 0.4) is 0 Å². The maximum absolute atomic E-state index is 12.4. The number of sulfonamides is 1. The number of methoxy groups -OCH3 is 1. The summed E-state index contributed by atoms with van der Waals surface area (Å²) in [6, 6.07) is 10.4. The molecule has 1 heterocycles. The predicted octanol–water partition coefficient (Wildman–Crippen LogP) is 2.08. The first kappa shape index (κ1) is 19.4. The van der Waals surface area contributed by atoms with Gasteiger partial charge < -0.3 is 0 Å². The maximum atomic E-state index is 12.4. The van der Waals surface area contributed by atoms with Crippen LogP contribution in [0.25, 0.3) is 0 Å². The van der Waals surface area contributed by atoms with Crippen molar-refractivity contribution in [1.29, 1.82) is 0 Å². The number of esters is 1. The summed E-state index contributed by atoms with van der Waals surface area (Å²) >= 11 is 0.124. The molecule has 0 aliphatic heterocycles. The summed E-state index contributed by atoms with van der Waals surface area (Å²) in [5.74, 6) is -0.288. The van der Waals surface area contributed by atoms with Crippen molar-refractivity contribution < 1.29 is 17.9 Å². The minimum absolute atomic E-state index is 0.124. The Morgan fingerprint density at radius 1 is 1.20 bits per heavy atom. The van der Waals surface area contributed by atoms with E-state index < -0.39 is 10.0 Å². The molecular weight excluding hydrogens is 407 g/mol. The van der Waals surface area contributed by atoms with Crippen molar-refractivity contribution in [1.82, 2.24) is 4.83 Å². The number of nitrogens with one attached hydrogen (secondary N) is 1. The van der Waals surface area contributed by atoms with Gasteiger partial charge in [-0.3, -0.25) is 0 Å². The Morgan fingerprint density at radius 3 is 2.52 bits per heavy atom. The Balaban J connectivity index is 2.13. The van der Waals surface area contributed by atoms with Crippen molar-refractivity contribution >= 4 is 36.2 Å². The number of hydrogen-bond acceptors (Lipinski definition) is 5. The molecule has 1 aromatic carbocycles. The van der Waals surface area contributed by atoms with Crippen LogP contribution in [0.5, 0.6) is 0 Å². The average Bonchev–Trinajstić information content (AvgIpc) is 3.12. The molecule has 134 valence electrons. The fourth-order valence-corrected chi connectivity index (χ4v) is 4.46.